The van der Waals surface area contributed by atoms with E-state index in [1.54, 1.807) is 41.8 Å². The first kappa shape index (κ1) is 25.7. The minimum Gasteiger partial charge on any atom is -0.463 e. The van der Waals surface area contributed by atoms with Gasteiger partial charge in [-0.2, -0.15) is 0 Å². The molecule has 37 heavy (non-hydrogen) atoms. The van der Waals surface area contributed by atoms with Crippen LogP contribution in [-0.4, -0.2) is 17.1 Å². The van der Waals surface area contributed by atoms with Gasteiger partial charge < -0.3 is 9.15 Å². The summed E-state index contributed by atoms with van der Waals surface area (Å²) in [6, 6.07) is 12.1. The van der Waals surface area contributed by atoms with E-state index in [1.807, 2.05) is 30.5 Å². The Labute approximate surface area is 230 Å². The largest absolute Gasteiger partial charge is 0.463 e. The second-order valence-electron chi connectivity index (χ2n) is 8.23. The molecule has 0 spiro atoms. The molecule has 0 saturated carbocycles. The number of thiazole rings is 1. The van der Waals surface area contributed by atoms with Crippen molar-refractivity contribution in [3.8, 4) is 11.3 Å². The molecule has 0 bridgehead atoms. The number of hydrogen-bond acceptors (Lipinski definition) is 7. The van der Waals surface area contributed by atoms with E-state index in [-0.39, 0.29) is 12.2 Å². The molecule has 1 aromatic carbocycles. The van der Waals surface area contributed by atoms with Crippen LogP contribution in [-0.2, 0) is 9.53 Å². The summed E-state index contributed by atoms with van der Waals surface area (Å²) in [5, 5.41) is 2.76. The second-order valence-corrected chi connectivity index (χ2v) is 11.0. The van der Waals surface area contributed by atoms with Crippen molar-refractivity contribution >= 4 is 57.9 Å². The summed E-state index contributed by atoms with van der Waals surface area (Å²) in [4.78, 5) is 33.0. The number of furan rings is 1. The number of esters is 1. The number of benzene rings is 1. The molecule has 1 aliphatic heterocycles. The van der Waals surface area contributed by atoms with Crippen molar-refractivity contribution in [2.45, 2.75) is 32.7 Å². The molecule has 1 atom stereocenters. The van der Waals surface area contributed by atoms with E-state index in [0.717, 1.165) is 11.3 Å². The second kappa shape index (κ2) is 10.8. The lowest BCUT2D eigenvalue weighted by Gasteiger charge is -2.24. The fourth-order valence-electron chi connectivity index (χ4n) is 4.24. The highest BCUT2D eigenvalue weighted by atomic mass is 35.5. The fourth-order valence-corrected chi connectivity index (χ4v) is 6.45. The van der Waals surface area contributed by atoms with Crippen LogP contribution in [0.3, 0.4) is 0 Å². The van der Waals surface area contributed by atoms with E-state index >= 15 is 0 Å². The molecule has 3 aromatic heterocycles. The Bertz CT molecular complexity index is 1680. The predicted octanol–water partition coefficient (Wildman–Crippen LogP) is 6.21. The zero-order chi connectivity index (χ0) is 26.1. The lowest BCUT2D eigenvalue weighted by atomic mass is 9.99. The number of thiophene rings is 1. The fraction of sp³-hybridized carbons (Fsp3) is 0.222. The molecule has 10 heteroatoms. The first-order valence-electron chi connectivity index (χ1n) is 11.7. The number of allylic oxidation sites excluding steroid dienone is 1. The van der Waals surface area contributed by atoms with Crippen molar-refractivity contribution in [3.05, 3.63) is 99.5 Å². The lowest BCUT2D eigenvalue weighted by Crippen LogP contribution is -2.39. The molecule has 4 aromatic rings. The van der Waals surface area contributed by atoms with Crippen molar-refractivity contribution in [2.24, 2.45) is 4.99 Å². The molecule has 5 rings (SSSR count). The van der Waals surface area contributed by atoms with Gasteiger partial charge in [0.25, 0.3) is 5.56 Å². The van der Waals surface area contributed by atoms with Crippen LogP contribution in [0.1, 0.15) is 43.4 Å². The van der Waals surface area contributed by atoms with E-state index in [2.05, 4.69) is 0 Å². The molecule has 190 valence electrons. The smallest absolute Gasteiger partial charge is 0.338 e. The lowest BCUT2D eigenvalue weighted by molar-refractivity contribution is -0.139. The van der Waals surface area contributed by atoms with E-state index < -0.39 is 12.0 Å². The van der Waals surface area contributed by atoms with E-state index in [0.29, 0.717) is 54.2 Å². The molecule has 1 unspecified atom stereocenters. The summed E-state index contributed by atoms with van der Waals surface area (Å²) >= 11 is 15.3. The Morgan fingerprint density at radius 3 is 2.76 bits per heavy atom. The number of carbonyl (C=O) groups excluding carboxylic acids is 1. The third kappa shape index (κ3) is 4.86. The summed E-state index contributed by atoms with van der Waals surface area (Å²) in [6.45, 7) is 4.03. The Morgan fingerprint density at radius 2 is 2.03 bits per heavy atom. The van der Waals surface area contributed by atoms with Gasteiger partial charge in [0, 0.05) is 16.5 Å². The maximum absolute atomic E-state index is 13.7. The molecular weight excluding hydrogens is 551 g/mol. The molecule has 0 fully saturated rings. The summed E-state index contributed by atoms with van der Waals surface area (Å²) in [5.41, 5.74) is 1.48. The van der Waals surface area contributed by atoms with Crippen LogP contribution in [0.4, 0.5) is 0 Å². The van der Waals surface area contributed by atoms with Crippen LogP contribution in [0.25, 0.3) is 17.4 Å². The molecule has 0 amide bonds. The van der Waals surface area contributed by atoms with Crippen LogP contribution < -0.4 is 14.9 Å². The van der Waals surface area contributed by atoms with Gasteiger partial charge in [0.15, 0.2) is 4.80 Å². The molecule has 0 aliphatic carbocycles. The van der Waals surface area contributed by atoms with Gasteiger partial charge in [-0.05, 0) is 49.1 Å². The van der Waals surface area contributed by atoms with E-state index in [9.17, 15) is 9.59 Å². The Morgan fingerprint density at radius 1 is 1.19 bits per heavy atom. The van der Waals surface area contributed by atoms with Gasteiger partial charge in [0.2, 0.25) is 0 Å². The number of hydrogen-bond donors (Lipinski definition) is 0. The molecule has 0 N–H and O–H groups in total. The Kier molecular flexibility index (Phi) is 7.53. The summed E-state index contributed by atoms with van der Waals surface area (Å²) in [6.07, 6.45) is 3.09. The zero-order valence-corrected chi connectivity index (χ0v) is 23.1. The number of rotatable bonds is 7. The quantitative estimate of drug-likeness (QED) is 0.247. The van der Waals surface area contributed by atoms with Gasteiger partial charge in [0.05, 0.1) is 32.5 Å². The molecule has 0 saturated heterocycles. The van der Waals surface area contributed by atoms with E-state index in [1.165, 1.54) is 22.7 Å². The van der Waals surface area contributed by atoms with Gasteiger partial charge in [0.1, 0.15) is 17.6 Å². The van der Waals surface area contributed by atoms with Gasteiger partial charge >= 0.3 is 5.97 Å². The highest BCUT2D eigenvalue weighted by molar-refractivity contribution is 7.10. The summed E-state index contributed by atoms with van der Waals surface area (Å²) in [7, 11) is 0. The molecule has 1 aliphatic rings. The normalized spacial score (nSPS) is 15.6. The number of aromatic nitrogens is 1. The third-order valence-corrected chi connectivity index (χ3v) is 8.55. The van der Waals surface area contributed by atoms with Crippen LogP contribution >= 0.6 is 45.9 Å². The van der Waals surface area contributed by atoms with Gasteiger partial charge in [-0.15, -0.1) is 11.3 Å². The summed E-state index contributed by atoms with van der Waals surface area (Å²) < 4.78 is 13.4. The maximum atomic E-state index is 13.7. The standard InChI is InChI=1S/C27H22Cl2N2O4S2/c1-3-7-18-22(26(33)34-4-2)24(20-10-6-13-36-20)31-25(32)21(37-27(31)30-18)14-15-11-12-19(35-15)16-8-5-9-17(28)23(16)29/h5-6,8-14,24H,3-4,7H2,1-2H3/b21-14-. The number of nitrogens with zero attached hydrogens (tertiary/aromatic N) is 2. The van der Waals surface area contributed by atoms with Crippen LogP contribution in [0, 0.1) is 0 Å². The SMILES string of the molecule is CCCC1=C(C(=O)OCC)C(c2cccs2)n2c(s/c(=C\c3ccc(-c4cccc(Cl)c4Cl)o3)c2=O)=N1. The van der Waals surface area contributed by atoms with Crippen LogP contribution in [0.2, 0.25) is 10.0 Å². The minimum atomic E-state index is -0.601. The maximum Gasteiger partial charge on any atom is 0.338 e. The molecular formula is C27H22Cl2N2O4S2. The third-order valence-electron chi connectivity index (χ3n) is 5.82. The van der Waals surface area contributed by atoms with Crippen LogP contribution in [0.15, 0.2) is 73.3 Å². The van der Waals surface area contributed by atoms with Crippen molar-refractivity contribution in [1.29, 1.82) is 0 Å². The average molecular weight is 574 g/mol. The number of fused-ring (bicyclic) bond motifs is 1. The number of carbonyl (C=O) groups is 1. The molecule has 6 nitrogen and oxygen atoms in total. The van der Waals surface area contributed by atoms with Crippen molar-refractivity contribution in [1.82, 2.24) is 4.57 Å². The topological polar surface area (TPSA) is 73.8 Å². The molecule has 0 radical (unpaired) electrons. The number of halogens is 2. The highest BCUT2D eigenvalue weighted by Gasteiger charge is 2.34. The van der Waals surface area contributed by atoms with Crippen LogP contribution in [0.5, 0.6) is 0 Å². The first-order chi connectivity index (χ1) is 17.9. The van der Waals surface area contributed by atoms with Gasteiger partial charge in [-0.1, -0.05) is 60.0 Å². The van der Waals surface area contributed by atoms with Crippen molar-refractivity contribution in [2.75, 3.05) is 6.61 Å². The minimum absolute atomic E-state index is 0.237. The average Bonchev–Trinajstić information content (AvgIpc) is 3.63. The zero-order valence-electron chi connectivity index (χ0n) is 20.0. The Balaban J connectivity index is 1.65. The monoisotopic (exact) mass is 572 g/mol. The summed E-state index contributed by atoms with van der Waals surface area (Å²) in [5.74, 6) is 0.580. The Hall–Kier alpha value is -2.91. The first-order valence-corrected chi connectivity index (χ1v) is 14.2. The van der Waals surface area contributed by atoms with Gasteiger partial charge in [-0.3, -0.25) is 9.36 Å². The van der Waals surface area contributed by atoms with E-state index in [4.69, 9.17) is 37.3 Å². The van der Waals surface area contributed by atoms with Crippen molar-refractivity contribution < 1.29 is 13.9 Å². The van der Waals surface area contributed by atoms with Crippen molar-refractivity contribution in [3.63, 3.8) is 0 Å². The number of ether oxygens (including phenoxy) is 1. The molecule has 4 heterocycles. The van der Waals surface area contributed by atoms with Gasteiger partial charge in [-0.25, -0.2) is 9.79 Å². The highest BCUT2D eigenvalue weighted by Crippen LogP contribution is 2.36. The predicted molar refractivity (Wildman–Crippen MR) is 148 cm³/mol.